The predicted molar refractivity (Wildman–Crippen MR) is 77.5 cm³/mol. The number of carbonyl (C=O) groups is 1. The van der Waals surface area contributed by atoms with Gasteiger partial charge in [0.05, 0.1) is 5.75 Å². The van der Waals surface area contributed by atoms with Gasteiger partial charge in [-0.25, -0.2) is 9.78 Å². The molecule has 3 nitrogen and oxygen atoms in total. The van der Waals surface area contributed by atoms with E-state index in [0.29, 0.717) is 5.75 Å². The van der Waals surface area contributed by atoms with E-state index in [2.05, 4.69) is 20.9 Å². The molecule has 1 N–H and O–H groups in total. The second-order valence-electron chi connectivity index (χ2n) is 3.56. The molecule has 0 bridgehead atoms. The molecule has 0 spiro atoms. The van der Waals surface area contributed by atoms with Crippen molar-refractivity contribution in [2.45, 2.75) is 17.6 Å². The molecule has 0 fully saturated rings. The highest BCUT2D eigenvalue weighted by Crippen LogP contribution is 2.27. The van der Waals surface area contributed by atoms with E-state index >= 15 is 0 Å². The summed E-state index contributed by atoms with van der Waals surface area (Å²) in [6.07, 6.45) is 0. The lowest BCUT2D eigenvalue weighted by Crippen LogP contribution is -1.98. The van der Waals surface area contributed by atoms with Crippen molar-refractivity contribution in [3.63, 3.8) is 0 Å². The van der Waals surface area contributed by atoms with E-state index in [1.54, 1.807) is 18.7 Å². The first kappa shape index (κ1) is 13.6. The van der Waals surface area contributed by atoms with Crippen molar-refractivity contribution in [2.24, 2.45) is 0 Å². The molecule has 94 valence electrons. The van der Waals surface area contributed by atoms with E-state index < -0.39 is 5.97 Å². The van der Waals surface area contributed by atoms with Crippen molar-refractivity contribution >= 4 is 45.0 Å². The zero-order chi connectivity index (χ0) is 13.1. The van der Waals surface area contributed by atoms with Crippen molar-refractivity contribution in [3.05, 3.63) is 44.3 Å². The minimum Gasteiger partial charge on any atom is -0.476 e. The third-order valence-corrected chi connectivity index (χ3v) is 4.92. The van der Waals surface area contributed by atoms with Crippen LogP contribution in [0.5, 0.6) is 0 Å². The SMILES string of the molecule is Cc1sc(CSc2ccc(Br)cc2)nc1C(=O)O. The molecule has 0 saturated heterocycles. The fraction of sp³-hybridized carbons (Fsp3) is 0.167. The average molecular weight is 344 g/mol. The van der Waals surface area contributed by atoms with Crippen LogP contribution in [-0.2, 0) is 5.75 Å². The number of hydrogen-bond acceptors (Lipinski definition) is 4. The van der Waals surface area contributed by atoms with Crippen LogP contribution in [0, 0.1) is 6.92 Å². The van der Waals surface area contributed by atoms with Crippen molar-refractivity contribution < 1.29 is 9.90 Å². The number of aryl methyl sites for hydroxylation is 1. The molecule has 6 heteroatoms. The lowest BCUT2D eigenvalue weighted by atomic mass is 10.4. The van der Waals surface area contributed by atoms with Crippen molar-refractivity contribution in [1.29, 1.82) is 0 Å². The molecular formula is C12H10BrNO2S2. The van der Waals surface area contributed by atoms with Crippen molar-refractivity contribution in [3.8, 4) is 0 Å². The summed E-state index contributed by atoms with van der Waals surface area (Å²) in [5.41, 5.74) is 0.173. The molecule has 0 radical (unpaired) electrons. The van der Waals surface area contributed by atoms with Crippen LogP contribution in [0.25, 0.3) is 0 Å². The molecular weight excluding hydrogens is 334 g/mol. The van der Waals surface area contributed by atoms with Gasteiger partial charge in [0.2, 0.25) is 0 Å². The number of thioether (sulfide) groups is 1. The Bertz CT molecular complexity index is 566. The fourth-order valence-electron chi connectivity index (χ4n) is 1.39. The van der Waals surface area contributed by atoms with Crippen LogP contribution in [-0.4, -0.2) is 16.1 Å². The van der Waals surface area contributed by atoms with Gasteiger partial charge in [-0.05, 0) is 31.2 Å². The summed E-state index contributed by atoms with van der Waals surface area (Å²) in [5.74, 6) is -0.260. The van der Waals surface area contributed by atoms with Crippen molar-refractivity contribution in [2.75, 3.05) is 0 Å². The van der Waals surface area contributed by atoms with Crippen LogP contribution in [0.15, 0.2) is 33.6 Å². The van der Waals surface area contributed by atoms with Gasteiger partial charge < -0.3 is 5.11 Å². The molecule has 2 aromatic rings. The fourth-order valence-corrected chi connectivity index (χ4v) is 3.47. The van der Waals surface area contributed by atoms with Gasteiger partial charge in [0.15, 0.2) is 5.69 Å². The van der Waals surface area contributed by atoms with E-state index in [4.69, 9.17) is 5.11 Å². The number of aromatic carboxylic acids is 1. The first-order valence-electron chi connectivity index (χ1n) is 5.14. The van der Waals surface area contributed by atoms with Gasteiger partial charge in [-0.1, -0.05) is 15.9 Å². The molecule has 0 aliphatic heterocycles. The summed E-state index contributed by atoms with van der Waals surface area (Å²) in [4.78, 5) is 16.9. The Hall–Kier alpha value is -0.850. The minimum absolute atomic E-state index is 0.173. The number of benzene rings is 1. The summed E-state index contributed by atoms with van der Waals surface area (Å²) in [6.45, 7) is 1.79. The summed E-state index contributed by atoms with van der Waals surface area (Å²) < 4.78 is 1.05. The number of nitrogens with zero attached hydrogens (tertiary/aromatic N) is 1. The summed E-state index contributed by atoms with van der Waals surface area (Å²) in [6, 6.07) is 8.01. The highest BCUT2D eigenvalue weighted by molar-refractivity contribution is 9.10. The number of carboxylic acid groups (broad SMARTS) is 1. The Labute approximate surface area is 121 Å². The van der Waals surface area contributed by atoms with Gasteiger partial charge >= 0.3 is 5.97 Å². The summed E-state index contributed by atoms with van der Waals surface area (Å²) in [7, 11) is 0. The Morgan fingerprint density at radius 2 is 2.11 bits per heavy atom. The van der Waals surface area contributed by atoms with Gasteiger partial charge in [0, 0.05) is 14.2 Å². The van der Waals surface area contributed by atoms with Crippen LogP contribution < -0.4 is 0 Å². The van der Waals surface area contributed by atoms with Gasteiger partial charge in [-0.3, -0.25) is 0 Å². The third-order valence-electron chi connectivity index (χ3n) is 2.22. The second kappa shape index (κ2) is 5.86. The molecule has 18 heavy (non-hydrogen) atoms. The second-order valence-corrected chi connectivity index (χ2v) is 6.81. The maximum Gasteiger partial charge on any atom is 0.355 e. The average Bonchev–Trinajstić information content (AvgIpc) is 2.70. The van der Waals surface area contributed by atoms with Gasteiger partial charge in [-0.15, -0.1) is 23.1 Å². The lowest BCUT2D eigenvalue weighted by Gasteiger charge is -1.98. The van der Waals surface area contributed by atoms with Crippen LogP contribution >= 0.6 is 39.0 Å². The van der Waals surface area contributed by atoms with Crippen molar-refractivity contribution in [1.82, 2.24) is 4.98 Å². The van der Waals surface area contributed by atoms with Gasteiger partial charge in [-0.2, -0.15) is 0 Å². The molecule has 1 aromatic heterocycles. The monoisotopic (exact) mass is 343 g/mol. The number of hydrogen-bond donors (Lipinski definition) is 1. The Kier molecular flexibility index (Phi) is 4.42. The molecule has 0 saturated carbocycles. The van der Waals surface area contributed by atoms with Crippen LogP contribution in [0.4, 0.5) is 0 Å². The van der Waals surface area contributed by atoms with Crippen LogP contribution in [0.2, 0.25) is 0 Å². The number of aromatic nitrogens is 1. The van der Waals surface area contributed by atoms with E-state index in [1.165, 1.54) is 11.3 Å². The smallest absolute Gasteiger partial charge is 0.355 e. The molecule has 0 amide bonds. The number of halogens is 1. The maximum absolute atomic E-state index is 10.9. The van der Waals surface area contributed by atoms with Gasteiger partial charge in [0.1, 0.15) is 5.01 Å². The molecule has 0 unspecified atom stereocenters. The van der Waals surface area contributed by atoms with E-state index in [9.17, 15) is 4.79 Å². The molecule has 2 rings (SSSR count). The Morgan fingerprint density at radius 1 is 1.44 bits per heavy atom. The van der Waals surface area contributed by atoms with Crippen LogP contribution in [0.3, 0.4) is 0 Å². The van der Waals surface area contributed by atoms with Gasteiger partial charge in [0.25, 0.3) is 0 Å². The minimum atomic E-state index is -0.955. The summed E-state index contributed by atoms with van der Waals surface area (Å²) in [5, 5.41) is 9.77. The van der Waals surface area contributed by atoms with Crippen LogP contribution in [0.1, 0.15) is 20.4 Å². The van der Waals surface area contributed by atoms with E-state index in [0.717, 1.165) is 19.3 Å². The highest BCUT2D eigenvalue weighted by atomic mass is 79.9. The molecule has 1 heterocycles. The lowest BCUT2D eigenvalue weighted by molar-refractivity contribution is 0.0690. The van der Waals surface area contributed by atoms with E-state index in [-0.39, 0.29) is 5.69 Å². The first-order chi connectivity index (χ1) is 8.56. The largest absolute Gasteiger partial charge is 0.476 e. The van der Waals surface area contributed by atoms with E-state index in [1.807, 2.05) is 24.3 Å². The molecule has 0 aliphatic carbocycles. The maximum atomic E-state index is 10.9. The Balaban J connectivity index is 2.04. The molecule has 1 aromatic carbocycles. The highest BCUT2D eigenvalue weighted by Gasteiger charge is 2.13. The zero-order valence-electron chi connectivity index (χ0n) is 9.51. The predicted octanol–water partition coefficient (Wildman–Crippen LogP) is 4.20. The third kappa shape index (κ3) is 3.34. The topological polar surface area (TPSA) is 50.2 Å². The molecule has 0 aliphatic rings. The summed E-state index contributed by atoms with van der Waals surface area (Å²) >= 11 is 6.48. The quantitative estimate of drug-likeness (QED) is 0.845. The number of thiazole rings is 1. The number of rotatable bonds is 4. The Morgan fingerprint density at radius 3 is 2.67 bits per heavy atom. The standard InChI is InChI=1S/C12H10BrNO2S2/c1-7-11(12(15)16)14-10(18-7)6-17-9-4-2-8(13)3-5-9/h2-5H,6H2,1H3,(H,15,16). The molecule has 0 atom stereocenters. The number of carboxylic acids is 1. The normalized spacial score (nSPS) is 10.6. The first-order valence-corrected chi connectivity index (χ1v) is 7.73. The zero-order valence-corrected chi connectivity index (χ0v) is 12.7.